The third-order valence-electron chi connectivity index (χ3n) is 2.61. The lowest BCUT2D eigenvalue weighted by Gasteiger charge is -2.11. The predicted octanol–water partition coefficient (Wildman–Crippen LogP) is 2.95. The number of rotatable bonds is 2. The van der Waals surface area contributed by atoms with Crippen molar-refractivity contribution in [2.24, 2.45) is 5.73 Å². The van der Waals surface area contributed by atoms with E-state index in [0.29, 0.717) is 5.56 Å². The van der Waals surface area contributed by atoms with E-state index < -0.39 is 0 Å². The molecule has 0 aliphatic heterocycles. The molecule has 2 rings (SSSR count). The topological polar surface area (TPSA) is 38.9 Å². The molecule has 0 saturated carbocycles. The molecular formula is C12H13FN2S. The van der Waals surface area contributed by atoms with E-state index in [4.69, 9.17) is 5.73 Å². The summed E-state index contributed by atoms with van der Waals surface area (Å²) in [6, 6.07) is 4.76. The normalized spacial score (nSPS) is 12.8. The highest BCUT2D eigenvalue weighted by Gasteiger charge is 2.14. The number of hydrogen-bond acceptors (Lipinski definition) is 3. The van der Waals surface area contributed by atoms with Crippen molar-refractivity contribution in [1.82, 2.24) is 4.98 Å². The van der Waals surface area contributed by atoms with Gasteiger partial charge in [-0.15, -0.1) is 11.3 Å². The molecule has 84 valence electrons. The average Bonchev–Trinajstić information content (AvgIpc) is 2.67. The van der Waals surface area contributed by atoms with Gasteiger partial charge in [0.15, 0.2) is 0 Å². The van der Waals surface area contributed by atoms with Gasteiger partial charge < -0.3 is 5.73 Å². The Morgan fingerprint density at radius 3 is 2.69 bits per heavy atom. The lowest BCUT2D eigenvalue weighted by atomic mass is 10.0. The molecule has 1 unspecified atom stereocenters. The first kappa shape index (κ1) is 11.2. The van der Waals surface area contributed by atoms with E-state index in [9.17, 15) is 4.39 Å². The maximum absolute atomic E-state index is 13.1. The highest BCUT2D eigenvalue weighted by molar-refractivity contribution is 7.09. The average molecular weight is 236 g/mol. The second-order valence-electron chi connectivity index (χ2n) is 3.79. The highest BCUT2D eigenvalue weighted by Crippen LogP contribution is 2.26. The summed E-state index contributed by atoms with van der Waals surface area (Å²) < 4.78 is 13.1. The van der Waals surface area contributed by atoms with Crippen LogP contribution in [0, 0.1) is 19.7 Å². The van der Waals surface area contributed by atoms with E-state index in [0.717, 1.165) is 16.1 Å². The summed E-state index contributed by atoms with van der Waals surface area (Å²) in [6.07, 6.45) is 0. The van der Waals surface area contributed by atoms with Crippen LogP contribution in [0.3, 0.4) is 0 Å². The Bertz CT molecular complexity index is 507. The van der Waals surface area contributed by atoms with Crippen LogP contribution in [0.1, 0.15) is 27.7 Å². The molecular weight excluding hydrogens is 223 g/mol. The predicted molar refractivity (Wildman–Crippen MR) is 64.0 cm³/mol. The second kappa shape index (κ2) is 4.31. The number of halogens is 1. The Balaban J connectivity index is 2.38. The van der Waals surface area contributed by atoms with Gasteiger partial charge in [-0.2, -0.15) is 0 Å². The van der Waals surface area contributed by atoms with Gasteiger partial charge in [-0.25, -0.2) is 9.37 Å². The lowest BCUT2D eigenvalue weighted by molar-refractivity contribution is 0.617. The zero-order chi connectivity index (χ0) is 11.7. The SMILES string of the molecule is Cc1cc(C(N)c2scnc2C)ccc1F. The molecule has 0 bridgehead atoms. The molecule has 0 fully saturated rings. The number of hydrogen-bond donors (Lipinski definition) is 1. The molecule has 2 aromatic rings. The smallest absolute Gasteiger partial charge is 0.126 e. The summed E-state index contributed by atoms with van der Waals surface area (Å²) in [7, 11) is 0. The van der Waals surface area contributed by atoms with Gasteiger partial charge in [-0.3, -0.25) is 0 Å². The number of benzene rings is 1. The van der Waals surface area contributed by atoms with E-state index in [1.54, 1.807) is 24.6 Å². The highest BCUT2D eigenvalue weighted by atomic mass is 32.1. The number of nitrogens with zero attached hydrogens (tertiary/aromatic N) is 1. The van der Waals surface area contributed by atoms with Gasteiger partial charge in [-0.1, -0.05) is 12.1 Å². The van der Waals surface area contributed by atoms with Crippen molar-refractivity contribution in [3.63, 3.8) is 0 Å². The zero-order valence-electron chi connectivity index (χ0n) is 9.20. The van der Waals surface area contributed by atoms with E-state index in [-0.39, 0.29) is 11.9 Å². The Kier molecular flexibility index (Phi) is 3.03. The molecule has 0 aliphatic carbocycles. The van der Waals surface area contributed by atoms with Crippen LogP contribution in [0.2, 0.25) is 0 Å². The number of thiazole rings is 1. The first-order valence-electron chi connectivity index (χ1n) is 5.01. The number of aromatic nitrogens is 1. The fourth-order valence-electron chi connectivity index (χ4n) is 1.62. The van der Waals surface area contributed by atoms with Gasteiger partial charge in [0.25, 0.3) is 0 Å². The minimum Gasteiger partial charge on any atom is -0.320 e. The Hall–Kier alpha value is -1.26. The molecule has 1 aromatic carbocycles. The molecule has 1 heterocycles. The Morgan fingerprint density at radius 2 is 2.12 bits per heavy atom. The first-order chi connectivity index (χ1) is 7.59. The minimum atomic E-state index is -0.216. The molecule has 0 aliphatic rings. The molecule has 0 saturated heterocycles. The van der Waals surface area contributed by atoms with Crippen molar-refractivity contribution in [1.29, 1.82) is 0 Å². The van der Waals surface area contributed by atoms with E-state index in [2.05, 4.69) is 4.98 Å². The van der Waals surface area contributed by atoms with Gasteiger partial charge >= 0.3 is 0 Å². The summed E-state index contributed by atoms with van der Waals surface area (Å²) >= 11 is 1.53. The molecule has 0 radical (unpaired) electrons. The molecule has 2 nitrogen and oxygen atoms in total. The van der Waals surface area contributed by atoms with Crippen LogP contribution in [0.4, 0.5) is 4.39 Å². The number of nitrogens with two attached hydrogens (primary N) is 1. The molecule has 2 N–H and O–H groups in total. The van der Waals surface area contributed by atoms with Crippen LogP contribution in [0.25, 0.3) is 0 Å². The third-order valence-corrected chi connectivity index (χ3v) is 3.62. The maximum atomic E-state index is 13.1. The van der Waals surface area contributed by atoms with Gasteiger partial charge in [0.1, 0.15) is 5.82 Å². The monoisotopic (exact) mass is 236 g/mol. The molecule has 1 aromatic heterocycles. The standard InChI is InChI=1S/C12H13FN2S/c1-7-5-9(3-4-10(7)13)11(14)12-8(2)15-6-16-12/h3-6,11H,14H2,1-2H3. The van der Waals surface area contributed by atoms with E-state index in [1.165, 1.54) is 17.4 Å². The summed E-state index contributed by atoms with van der Waals surface area (Å²) in [6.45, 7) is 3.67. The van der Waals surface area contributed by atoms with E-state index >= 15 is 0 Å². The molecule has 1 atom stereocenters. The van der Waals surface area contributed by atoms with Gasteiger partial charge in [-0.05, 0) is 31.0 Å². The molecule has 0 spiro atoms. The van der Waals surface area contributed by atoms with Crippen LogP contribution in [-0.2, 0) is 0 Å². The Labute approximate surface area is 97.9 Å². The van der Waals surface area contributed by atoms with Crippen LogP contribution >= 0.6 is 11.3 Å². The minimum absolute atomic E-state index is 0.197. The third kappa shape index (κ3) is 1.99. The Morgan fingerprint density at radius 1 is 1.38 bits per heavy atom. The van der Waals surface area contributed by atoms with Crippen LogP contribution < -0.4 is 5.73 Å². The first-order valence-corrected chi connectivity index (χ1v) is 5.89. The summed E-state index contributed by atoms with van der Waals surface area (Å²) in [5, 5.41) is 0. The van der Waals surface area contributed by atoms with Crippen molar-refractivity contribution < 1.29 is 4.39 Å². The van der Waals surface area contributed by atoms with Crippen molar-refractivity contribution in [3.8, 4) is 0 Å². The molecule has 4 heteroatoms. The summed E-state index contributed by atoms with van der Waals surface area (Å²) in [5.74, 6) is -0.197. The lowest BCUT2D eigenvalue weighted by Crippen LogP contribution is -2.11. The van der Waals surface area contributed by atoms with Gasteiger partial charge in [0, 0.05) is 4.88 Å². The number of aryl methyl sites for hydroxylation is 2. The zero-order valence-corrected chi connectivity index (χ0v) is 10.0. The van der Waals surface area contributed by atoms with Crippen molar-refractivity contribution >= 4 is 11.3 Å². The van der Waals surface area contributed by atoms with Crippen LogP contribution in [0.15, 0.2) is 23.7 Å². The van der Waals surface area contributed by atoms with Gasteiger partial charge in [0.05, 0.1) is 17.2 Å². The fraction of sp³-hybridized carbons (Fsp3) is 0.250. The van der Waals surface area contributed by atoms with Crippen molar-refractivity contribution in [2.45, 2.75) is 19.9 Å². The summed E-state index contributed by atoms with van der Waals surface area (Å²) in [4.78, 5) is 5.20. The summed E-state index contributed by atoms with van der Waals surface area (Å²) in [5.41, 5.74) is 10.4. The van der Waals surface area contributed by atoms with E-state index in [1.807, 2.05) is 6.92 Å². The van der Waals surface area contributed by atoms with Crippen LogP contribution in [-0.4, -0.2) is 4.98 Å². The van der Waals surface area contributed by atoms with Gasteiger partial charge in [0.2, 0.25) is 0 Å². The quantitative estimate of drug-likeness (QED) is 0.870. The molecule has 16 heavy (non-hydrogen) atoms. The second-order valence-corrected chi connectivity index (χ2v) is 4.67. The van der Waals surface area contributed by atoms with Crippen molar-refractivity contribution in [3.05, 3.63) is 51.2 Å². The van der Waals surface area contributed by atoms with Crippen molar-refractivity contribution in [2.75, 3.05) is 0 Å². The largest absolute Gasteiger partial charge is 0.320 e. The maximum Gasteiger partial charge on any atom is 0.126 e. The fourth-order valence-corrected chi connectivity index (χ4v) is 2.45. The molecule has 0 amide bonds. The van der Waals surface area contributed by atoms with Crippen LogP contribution in [0.5, 0.6) is 0 Å².